The quantitative estimate of drug-likeness (QED) is 0.873. The molecule has 0 bridgehead atoms. The molecule has 2 rings (SSSR count). The zero-order valence-corrected chi connectivity index (χ0v) is 12.2. The van der Waals surface area contributed by atoms with Crippen LogP contribution in [0.5, 0.6) is 0 Å². The highest BCUT2D eigenvalue weighted by molar-refractivity contribution is 9.10. The Morgan fingerprint density at radius 2 is 2.39 bits per heavy atom. The van der Waals surface area contributed by atoms with Crippen LogP contribution in [-0.2, 0) is 9.53 Å². The van der Waals surface area contributed by atoms with E-state index >= 15 is 0 Å². The summed E-state index contributed by atoms with van der Waals surface area (Å²) in [6, 6.07) is 5.00. The van der Waals surface area contributed by atoms with E-state index in [0.717, 1.165) is 0 Å². The lowest BCUT2D eigenvalue weighted by molar-refractivity contribution is -0.125. The van der Waals surface area contributed by atoms with Gasteiger partial charge in [0.15, 0.2) is 0 Å². The van der Waals surface area contributed by atoms with E-state index in [1.54, 1.807) is 25.1 Å². The summed E-state index contributed by atoms with van der Waals surface area (Å²) < 4.78 is 5.92. The first kappa shape index (κ1) is 13.8. The zero-order valence-electron chi connectivity index (χ0n) is 9.87. The van der Waals surface area contributed by atoms with Crippen molar-refractivity contribution in [3.63, 3.8) is 0 Å². The largest absolute Gasteiger partial charge is 0.379 e. The molecule has 0 spiro atoms. The second-order valence-corrected chi connectivity index (χ2v) is 5.79. The van der Waals surface area contributed by atoms with Crippen LogP contribution >= 0.6 is 27.5 Å². The van der Waals surface area contributed by atoms with E-state index in [1.807, 2.05) is 0 Å². The first-order chi connectivity index (χ1) is 8.45. The molecule has 1 heterocycles. The second kappa shape index (κ2) is 5.17. The molecule has 0 aromatic heterocycles. The molecule has 6 heteroatoms. The average Bonchev–Trinajstić information content (AvgIpc) is 2.67. The molecule has 2 unspecified atom stereocenters. The Morgan fingerprint density at radius 1 is 1.67 bits per heavy atom. The minimum Gasteiger partial charge on any atom is -0.379 e. The third-order valence-corrected chi connectivity index (χ3v) is 4.63. The SMILES string of the molecule is CC1(C(=O)Nc2cccc(Cl)c2Br)COCC1N. The van der Waals surface area contributed by atoms with E-state index in [4.69, 9.17) is 22.1 Å². The van der Waals surface area contributed by atoms with Gasteiger partial charge in [0.1, 0.15) is 0 Å². The minimum absolute atomic E-state index is 0.157. The number of nitrogens with one attached hydrogen (secondary N) is 1. The maximum absolute atomic E-state index is 12.3. The molecule has 98 valence electrons. The highest BCUT2D eigenvalue weighted by Gasteiger charge is 2.44. The van der Waals surface area contributed by atoms with Gasteiger partial charge in [-0.2, -0.15) is 0 Å². The number of carbonyl (C=O) groups is 1. The summed E-state index contributed by atoms with van der Waals surface area (Å²) in [6.07, 6.45) is 0. The molecule has 0 aliphatic carbocycles. The topological polar surface area (TPSA) is 64.3 Å². The molecule has 1 saturated heterocycles. The van der Waals surface area contributed by atoms with Crippen molar-refractivity contribution in [1.82, 2.24) is 0 Å². The number of anilines is 1. The fourth-order valence-electron chi connectivity index (χ4n) is 1.79. The Hall–Kier alpha value is -0.620. The summed E-state index contributed by atoms with van der Waals surface area (Å²) in [6.45, 7) is 2.54. The predicted octanol–water partition coefficient (Wildman–Crippen LogP) is 2.40. The Morgan fingerprint density at radius 3 is 3.00 bits per heavy atom. The van der Waals surface area contributed by atoms with Crippen LogP contribution in [0.3, 0.4) is 0 Å². The number of halogens is 2. The van der Waals surface area contributed by atoms with E-state index in [0.29, 0.717) is 28.4 Å². The smallest absolute Gasteiger partial charge is 0.234 e. The predicted molar refractivity (Wildman–Crippen MR) is 74.7 cm³/mol. The van der Waals surface area contributed by atoms with E-state index in [2.05, 4.69) is 21.2 Å². The van der Waals surface area contributed by atoms with Gasteiger partial charge in [0.25, 0.3) is 0 Å². The molecule has 1 aliphatic rings. The lowest BCUT2D eigenvalue weighted by atomic mass is 9.85. The summed E-state index contributed by atoms with van der Waals surface area (Å²) in [7, 11) is 0. The van der Waals surface area contributed by atoms with Gasteiger partial charge in [-0.3, -0.25) is 4.79 Å². The fraction of sp³-hybridized carbons (Fsp3) is 0.417. The molecule has 1 amide bonds. The van der Waals surface area contributed by atoms with Crippen molar-refractivity contribution in [1.29, 1.82) is 0 Å². The van der Waals surface area contributed by atoms with Crippen LogP contribution in [0.15, 0.2) is 22.7 Å². The lowest BCUT2D eigenvalue weighted by Crippen LogP contribution is -2.47. The van der Waals surface area contributed by atoms with Crippen LogP contribution in [0.1, 0.15) is 6.92 Å². The van der Waals surface area contributed by atoms with Crippen molar-refractivity contribution in [2.45, 2.75) is 13.0 Å². The Bertz CT molecular complexity index is 483. The molecular weight excluding hydrogens is 320 g/mol. The maximum atomic E-state index is 12.3. The van der Waals surface area contributed by atoms with E-state index in [-0.39, 0.29) is 11.9 Å². The number of hydrogen-bond acceptors (Lipinski definition) is 3. The molecule has 0 radical (unpaired) electrons. The number of benzene rings is 1. The first-order valence-corrected chi connectivity index (χ1v) is 6.71. The first-order valence-electron chi connectivity index (χ1n) is 5.54. The Kier molecular flexibility index (Phi) is 3.96. The van der Waals surface area contributed by atoms with Crippen molar-refractivity contribution in [2.75, 3.05) is 18.5 Å². The third kappa shape index (κ3) is 2.40. The normalized spacial score (nSPS) is 27.2. The van der Waals surface area contributed by atoms with Gasteiger partial charge in [0, 0.05) is 6.04 Å². The Labute approximate surface area is 119 Å². The van der Waals surface area contributed by atoms with Crippen LogP contribution in [-0.4, -0.2) is 25.2 Å². The maximum Gasteiger partial charge on any atom is 0.234 e. The number of amides is 1. The van der Waals surface area contributed by atoms with Gasteiger partial charge in [0.2, 0.25) is 5.91 Å². The Balaban J connectivity index is 2.19. The zero-order chi connectivity index (χ0) is 13.3. The molecule has 18 heavy (non-hydrogen) atoms. The molecule has 2 atom stereocenters. The highest BCUT2D eigenvalue weighted by atomic mass is 79.9. The number of hydrogen-bond donors (Lipinski definition) is 2. The van der Waals surface area contributed by atoms with Gasteiger partial charge in [-0.25, -0.2) is 0 Å². The van der Waals surface area contributed by atoms with Gasteiger partial charge in [-0.1, -0.05) is 17.7 Å². The molecular formula is C12H14BrClN2O2. The third-order valence-electron chi connectivity index (χ3n) is 3.24. The number of rotatable bonds is 2. The van der Waals surface area contributed by atoms with Crippen LogP contribution in [0.25, 0.3) is 0 Å². The van der Waals surface area contributed by atoms with Gasteiger partial charge in [-0.15, -0.1) is 0 Å². The van der Waals surface area contributed by atoms with Crippen LogP contribution < -0.4 is 11.1 Å². The fourth-order valence-corrected chi connectivity index (χ4v) is 2.33. The van der Waals surface area contributed by atoms with Gasteiger partial charge in [-0.05, 0) is 35.0 Å². The van der Waals surface area contributed by atoms with Crippen molar-refractivity contribution in [2.24, 2.45) is 11.1 Å². The molecule has 1 fully saturated rings. The summed E-state index contributed by atoms with van der Waals surface area (Å²) in [5.41, 5.74) is 5.84. The molecule has 3 N–H and O–H groups in total. The molecule has 1 aromatic rings. The van der Waals surface area contributed by atoms with Crippen molar-refractivity contribution in [3.05, 3.63) is 27.7 Å². The van der Waals surface area contributed by atoms with E-state index in [9.17, 15) is 4.79 Å². The second-order valence-electron chi connectivity index (χ2n) is 4.59. The van der Waals surface area contributed by atoms with Gasteiger partial charge in [0.05, 0.1) is 33.8 Å². The van der Waals surface area contributed by atoms with E-state index < -0.39 is 5.41 Å². The highest BCUT2D eigenvalue weighted by Crippen LogP contribution is 2.33. The van der Waals surface area contributed by atoms with Crippen LogP contribution in [0.2, 0.25) is 5.02 Å². The van der Waals surface area contributed by atoms with Crippen LogP contribution in [0, 0.1) is 5.41 Å². The lowest BCUT2D eigenvalue weighted by Gasteiger charge is -2.25. The number of nitrogens with two attached hydrogens (primary N) is 1. The standard InChI is InChI=1S/C12H14BrClN2O2/c1-12(6-18-5-9(12)15)11(17)16-8-4-2-3-7(14)10(8)13/h2-4,9H,5-6,15H2,1H3,(H,16,17). The molecule has 1 aliphatic heterocycles. The van der Waals surface area contributed by atoms with Crippen molar-refractivity contribution < 1.29 is 9.53 Å². The number of carbonyl (C=O) groups excluding carboxylic acids is 1. The monoisotopic (exact) mass is 332 g/mol. The summed E-state index contributed by atoms with van der Waals surface area (Å²) in [5, 5.41) is 3.38. The summed E-state index contributed by atoms with van der Waals surface area (Å²) in [4.78, 5) is 12.3. The molecule has 0 saturated carbocycles. The van der Waals surface area contributed by atoms with Gasteiger partial charge < -0.3 is 15.8 Å². The minimum atomic E-state index is -0.707. The molecule has 1 aromatic carbocycles. The van der Waals surface area contributed by atoms with Crippen molar-refractivity contribution >= 4 is 39.1 Å². The van der Waals surface area contributed by atoms with E-state index in [1.165, 1.54) is 0 Å². The summed E-state index contributed by atoms with van der Waals surface area (Å²) in [5.74, 6) is -0.157. The average molecular weight is 334 g/mol. The number of ether oxygens (including phenoxy) is 1. The van der Waals surface area contributed by atoms with Crippen molar-refractivity contribution in [3.8, 4) is 0 Å². The van der Waals surface area contributed by atoms with Crippen LogP contribution in [0.4, 0.5) is 5.69 Å². The summed E-state index contributed by atoms with van der Waals surface area (Å²) >= 11 is 9.31. The molecule has 4 nitrogen and oxygen atoms in total. The van der Waals surface area contributed by atoms with Gasteiger partial charge >= 0.3 is 0 Å².